The van der Waals surface area contributed by atoms with Crippen LogP contribution in [0.5, 0.6) is 0 Å². The smallest absolute Gasteiger partial charge is 0.242 e. The van der Waals surface area contributed by atoms with E-state index >= 15 is 0 Å². The number of benzene rings is 3. The van der Waals surface area contributed by atoms with E-state index in [0.717, 1.165) is 10.0 Å². The van der Waals surface area contributed by atoms with Crippen molar-refractivity contribution >= 4 is 72.4 Å². The van der Waals surface area contributed by atoms with Gasteiger partial charge in [-0.05, 0) is 48.4 Å². The Bertz CT molecular complexity index is 1190. The van der Waals surface area contributed by atoms with Gasteiger partial charge in [0.05, 0.1) is 25.7 Å². The van der Waals surface area contributed by atoms with Crippen molar-refractivity contribution in [3.8, 4) is 0 Å². The molecular formula is C21H16BrCl3N2O3S. The summed E-state index contributed by atoms with van der Waals surface area (Å²) in [6.07, 6.45) is 0.126. The van der Waals surface area contributed by atoms with Gasteiger partial charge in [0.1, 0.15) is 6.04 Å². The molecule has 0 unspecified atom stereocenters. The molecule has 162 valence electrons. The Labute approximate surface area is 203 Å². The monoisotopic (exact) mass is 560 g/mol. The van der Waals surface area contributed by atoms with Crippen molar-refractivity contribution in [3.05, 3.63) is 91.8 Å². The Kier molecular flexibility index (Phi) is 8.02. The topological polar surface area (TPSA) is 75.3 Å². The molecule has 3 aromatic carbocycles. The van der Waals surface area contributed by atoms with Gasteiger partial charge in [0.25, 0.3) is 0 Å². The summed E-state index contributed by atoms with van der Waals surface area (Å²) >= 11 is 21.4. The predicted molar refractivity (Wildman–Crippen MR) is 128 cm³/mol. The van der Waals surface area contributed by atoms with Gasteiger partial charge < -0.3 is 5.32 Å². The lowest BCUT2D eigenvalue weighted by Gasteiger charge is -2.19. The van der Waals surface area contributed by atoms with Crippen molar-refractivity contribution in [3.63, 3.8) is 0 Å². The van der Waals surface area contributed by atoms with E-state index < -0.39 is 22.0 Å². The van der Waals surface area contributed by atoms with Crippen LogP contribution in [0.4, 0.5) is 5.69 Å². The van der Waals surface area contributed by atoms with Crippen LogP contribution in [0.1, 0.15) is 5.56 Å². The largest absolute Gasteiger partial charge is 0.323 e. The molecule has 0 aliphatic rings. The summed E-state index contributed by atoms with van der Waals surface area (Å²) in [5.74, 6) is -0.593. The molecule has 0 fully saturated rings. The maximum Gasteiger partial charge on any atom is 0.242 e. The average molecular weight is 563 g/mol. The highest BCUT2D eigenvalue weighted by molar-refractivity contribution is 9.10. The third kappa shape index (κ3) is 6.44. The minimum atomic E-state index is -3.97. The lowest BCUT2D eigenvalue weighted by Crippen LogP contribution is -2.45. The Morgan fingerprint density at radius 1 is 0.903 bits per heavy atom. The average Bonchev–Trinajstić information content (AvgIpc) is 2.72. The second-order valence-corrected chi connectivity index (χ2v) is 10.4. The van der Waals surface area contributed by atoms with Gasteiger partial charge in [0, 0.05) is 4.47 Å². The molecule has 5 nitrogen and oxygen atoms in total. The first kappa shape index (κ1) is 24.0. The number of carbonyl (C=O) groups excluding carboxylic acids is 1. The lowest BCUT2D eigenvalue weighted by molar-refractivity contribution is -0.117. The van der Waals surface area contributed by atoms with Gasteiger partial charge in [-0.25, -0.2) is 8.42 Å². The zero-order valence-electron chi connectivity index (χ0n) is 15.8. The van der Waals surface area contributed by atoms with Crippen LogP contribution in [0.2, 0.25) is 15.1 Å². The Balaban J connectivity index is 1.89. The van der Waals surface area contributed by atoms with Crippen LogP contribution in [0.25, 0.3) is 0 Å². The van der Waals surface area contributed by atoms with Gasteiger partial charge in [-0.2, -0.15) is 4.72 Å². The number of halogens is 4. The molecule has 0 aliphatic heterocycles. The van der Waals surface area contributed by atoms with Crippen molar-refractivity contribution in [2.45, 2.75) is 17.4 Å². The van der Waals surface area contributed by atoms with Gasteiger partial charge in [-0.1, -0.05) is 81.1 Å². The second-order valence-electron chi connectivity index (χ2n) is 6.55. The summed E-state index contributed by atoms with van der Waals surface area (Å²) in [4.78, 5) is 13.1. The molecule has 0 bridgehead atoms. The summed E-state index contributed by atoms with van der Waals surface area (Å²) in [6, 6.07) is 16.9. The van der Waals surface area contributed by atoms with E-state index in [0.29, 0.717) is 0 Å². The molecule has 10 heteroatoms. The van der Waals surface area contributed by atoms with Crippen LogP contribution in [-0.2, 0) is 21.2 Å². The standard InChI is InChI=1S/C21H16BrCl3N2O3S/c22-14-6-8-15(9-7-14)31(29,30)27-20(10-13-4-2-1-3-5-13)21(28)26-19-12-17(24)16(23)11-18(19)25/h1-9,11-12,20,27H,10H2,(H,26,28)/t20-/m1/s1. The number of hydrogen-bond donors (Lipinski definition) is 2. The van der Waals surface area contributed by atoms with Crippen molar-refractivity contribution in [1.82, 2.24) is 4.72 Å². The Hall–Kier alpha value is -1.61. The minimum absolute atomic E-state index is 0.0362. The van der Waals surface area contributed by atoms with Crippen LogP contribution in [0.3, 0.4) is 0 Å². The van der Waals surface area contributed by atoms with Crippen LogP contribution in [-0.4, -0.2) is 20.4 Å². The fourth-order valence-corrected chi connectivity index (χ4v) is 4.80. The van der Waals surface area contributed by atoms with Gasteiger partial charge in [-0.15, -0.1) is 0 Å². The summed E-state index contributed by atoms with van der Waals surface area (Å²) in [7, 11) is -3.97. The molecule has 0 aliphatic carbocycles. The lowest BCUT2D eigenvalue weighted by atomic mass is 10.1. The number of amides is 1. The molecule has 1 atom stereocenters. The molecule has 3 rings (SSSR count). The maximum absolute atomic E-state index is 13.0. The fraction of sp³-hybridized carbons (Fsp3) is 0.0952. The van der Waals surface area contributed by atoms with E-state index in [-0.39, 0.29) is 32.1 Å². The van der Waals surface area contributed by atoms with Gasteiger partial charge in [0.2, 0.25) is 15.9 Å². The number of carbonyl (C=O) groups is 1. The summed E-state index contributed by atoms with van der Waals surface area (Å²) in [5, 5.41) is 3.25. The zero-order chi connectivity index (χ0) is 22.6. The first-order valence-electron chi connectivity index (χ1n) is 8.93. The van der Waals surface area contributed by atoms with Gasteiger partial charge >= 0.3 is 0 Å². The highest BCUT2D eigenvalue weighted by atomic mass is 79.9. The van der Waals surface area contributed by atoms with Crippen molar-refractivity contribution in [2.24, 2.45) is 0 Å². The Morgan fingerprint density at radius 3 is 2.16 bits per heavy atom. The second kappa shape index (κ2) is 10.3. The highest BCUT2D eigenvalue weighted by Crippen LogP contribution is 2.32. The SMILES string of the molecule is O=C(Nc1cc(Cl)c(Cl)cc1Cl)[C@@H](Cc1ccccc1)NS(=O)(=O)c1ccc(Br)cc1. The quantitative estimate of drug-likeness (QED) is 0.350. The molecule has 0 saturated heterocycles. The third-order valence-electron chi connectivity index (χ3n) is 4.29. The van der Waals surface area contributed by atoms with E-state index in [2.05, 4.69) is 26.0 Å². The number of hydrogen-bond acceptors (Lipinski definition) is 3. The molecular weight excluding hydrogens is 547 g/mol. The van der Waals surface area contributed by atoms with E-state index in [1.807, 2.05) is 18.2 Å². The van der Waals surface area contributed by atoms with Crippen molar-refractivity contribution < 1.29 is 13.2 Å². The molecule has 3 aromatic rings. The molecule has 0 aromatic heterocycles. The number of nitrogens with one attached hydrogen (secondary N) is 2. The van der Waals surface area contributed by atoms with E-state index in [4.69, 9.17) is 34.8 Å². The summed E-state index contributed by atoms with van der Waals surface area (Å²) in [6.45, 7) is 0. The van der Waals surface area contributed by atoms with Crippen LogP contribution < -0.4 is 10.0 Å². The molecule has 0 spiro atoms. The summed E-state index contributed by atoms with van der Waals surface area (Å²) in [5.41, 5.74) is 1.00. The zero-order valence-corrected chi connectivity index (χ0v) is 20.5. The molecule has 0 heterocycles. The highest BCUT2D eigenvalue weighted by Gasteiger charge is 2.27. The molecule has 1 amide bonds. The van der Waals surface area contributed by atoms with Crippen LogP contribution >= 0.6 is 50.7 Å². The molecule has 31 heavy (non-hydrogen) atoms. The molecule has 0 saturated carbocycles. The van der Waals surface area contributed by atoms with Crippen LogP contribution in [0.15, 0.2) is 76.1 Å². The third-order valence-corrected chi connectivity index (χ3v) is 7.34. The fourth-order valence-electron chi connectivity index (χ4n) is 2.74. The van der Waals surface area contributed by atoms with Crippen LogP contribution in [0, 0.1) is 0 Å². The molecule has 2 N–H and O–H groups in total. The normalized spacial score (nSPS) is 12.4. The van der Waals surface area contributed by atoms with E-state index in [9.17, 15) is 13.2 Å². The Morgan fingerprint density at radius 2 is 1.52 bits per heavy atom. The minimum Gasteiger partial charge on any atom is -0.323 e. The van der Waals surface area contributed by atoms with Crippen molar-refractivity contribution in [2.75, 3.05) is 5.32 Å². The van der Waals surface area contributed by atoms with E-state index in [1.165, 1.54) is 24.3 Å². The van der Waals surface area contributed by atoms with Gasteiger partial charge in [0.15, 0.2) is 0 Å². The van der Waals surface area contributed by atoms with Gasteiger partial charge in [-0.3, -0.25) is 4.79 Å². The van der Waals surface area contributed by atoms with E-state index in [1.54, 1.807) is 24.3 Å². The predicted octanol–water partition coefficient (Wildman–Crippen LogP) is 5.94. The van der Waals surface area contributed by atoms with Crippen molar-refractivity contribution in [1.29, 1.82) is 0 Å². The molecule has 0 radical (unpaired) electrons. The number of anilines is 1. The summed E-state index contributed by atoms with van der Waals surface area (Å²) < 4.78 is 29.0. The first-order chi connectivity index (χ1) is 14.7. The number of rotatable bonds is 7. The number of sulfonamides is 1. The first-order valence-corrected chi connectivity index (χ1v) is 12.3. The maximum atomic E-state index is 13.0.